The summed E-state index contributed by atoms with van der Waals surface area (Å²) in [5, 5.41) is 0. The van der Waals surface area contributed by atoms with Gasteiger partial charge in [0.05, 0.1) is 14.2 Å². The second kappa shape index (κ2) is 9.52. The predicted octanol–water partition coefficient (Wildman–Crippen LogP) is 2.36. The van der Waals surface area contributed by atoms with Crippen LogP contribution in [0.5, 0.6) is 5.75 Å². The summed E-state index contributed by atoms with van der Waals surface area (Å²) in [6.45, 7) is 11.4. The molecule has 0 radical (unpaired) electrons. The monoisotopic (exact) mass is 410 g/mol. The molecular formula is C25H36N3O2+. The van der Waals surface area contributed by atoms with E-state index in [-0.39, 0.29) is 11.3 Å². The number of anilines is 1. The summed E-state index contributed by atoms with van der Waals surface area (Å²) >= 11 is 0. The van der Waals surface area contributed by atoms with Crippen molar-refractivity contribution in [1.29, 1.82) is 0 Å². The Bertz CT molecular complexity index is 817. The van der Waals surface area contributed by atoms with Crippen molar-refractivity contribution >= 4 is 11.6 Å². The first-order valence-corrected chi connectivity index (χ1v) is 10.8. The number of rotatable bonds is 6. The van der Waals surface area contributed by atoms with Crippen molar-refractivity contribution in [1.82, 2.24) is 4.90 Å². The van der Waals surface area contributed by atoms with Crippen LogP contribution in [-0.2, 0) is 16.8 Å². The number of methoxy groups -OCH3 is 1. The Labute approximate surface area is 181 Å². The summed E-state index contributed by atoms with van der Waals surface area (Å²) in [5.74, 6) is 1.11. The second-order valence-electron chi connectivity index (χ2n) is 9.32. The van der Waals surface area contributed by atoms with Crippen molar-refractivity contribution in [3.63, 3.8) is 0 Å². The van der Waals surface area contributed by atoms with Crippen molar-refractivity contribution in [3.05, 3.63) is 59.7 Å². The maximum atomic E-state index is 12.8. The van der Waals surface area contributed by atoms with Gasteiger partial charge in [0.25, 0.3) is 5.91 Å². The standard InChI is InChI=1S/C25H35N3O2/c1-25(2,3)21-8-6-20(7-9-21)18-26(4)19-24(29)28-16-14-27(15-17-28)22-10-12-23(30-5)13-11-22/h6-13H,14-19H2,1-5H3/p+1. The molecule has 1 aliphatic heterocycles. The van der Waals surface area contributed by atoms with Crippen LogP contribution in [0.4, 0.5) is 5.69 Å². The van der Waals surface area contributed by atoms with Gasteiger partial charge in [0.2, 0.25) is 0 Å². The second-order valence-corrected chi connectivity index (χ2v) is 9.32. The lowest BCUT2D eigenvalue weighted by molar-refractivity contribution is -0.885. The quantitative estimate of drug-likeness (QED) is 0.794. The Kier molecular flexibility index (Phi) is 7.03. The molecule has 5 nitrogen and oxygen atoms in total. The molecule has 162 valence electrons. The van der Waals surface area contributed by atoms with Gasteiger partial charge in [-0.2, -0.15) is 0 Å². The van der Waals surface area contributed by atoms with Gasteiger partial charge < -0.3 is 19.4 Å². The molecule has 2 aromatic carbocycles. The van der Waals surface area contributed by atoms with Crippen LogP contribution in [0.2, 0.25) is 0 Å². The van der Waals surface area contributed by atoms with Crippen LogP contribution >= 0.6 is 0 Å². The zero-order chi connectivity index (χ0) is 21.7. The lowest BCUT2D eigenvalue weighted by Gasteiger charge is -2.36. The normalized spacial score (nSPS) is 15.8. The fourth-order valence-electron chi connectivity index (χ4n) is 3.91. The molecule has 1 atom stereocenters. The number of likely N-dealkylation sites (N-methyl/N-ethyl adjacent to an activating group) is 1. The van der Waals surface area contributed by atoms with Crippen molar-refractivity contribution < 1.29 is 14.4 Å². The zero-order valence-corrected chi connectivity index (χ0v) is 19.1. The third-order valence-corrected chi connectivity index (χ3v) is 5.85. The molecule has 1 fully saturated rings. The molecule has 1 amide bonds. The van der Waals surface area contributed by atoms with Crippen LogP contribution in [0.1, 0.15) is 31.9 Å². The van der Waals surface area contributed by atoms with Gasteiger partial charge in [0.15, 0.2) is 6.54 Å². The number of benzene rings is 2. The van der Waals surface area contributed by atoms with Crippen LogP contribution in [-0.4, -0.2) is 57.7 Å². The molecule has 1 unspecified atom stereocenters. The van der Waals surface area contributed by atoms with Crippen LogP contribution in [0.3, 0.4) is 0 Å². The van der Waals surface area contributed by atoms with Crippen molar-refractivity contribution in [2.75, 3.05) is 51.8 Å². The summed E-state index contributed by atoms with van der Waals surface area (Å²) in [5.41, 5.74) is 3.97. The van der Waals surface area contributed by atoms with Gasteiger partial charge in [-0.1, -0.05) is 45.0 Å². The van der Waals surface area contributed by atoms with E-state index in [1.54, 1.807) is 7.11 Å². The van der Waals surface area contributed by atoms with Gasteiger partial charge in [-0.25, -0.2) is 0 Å². The minimum absolute atomic E-state index is 0.168. The summed E-state index contributed by atoms with van der Waals surface area (Å²) < 4.78 is 5.23. The van der Waals surface area contributed by atoms with Crippen molar-refractivity contribution in [2.45, 2.75) is 32.7 Å². The first-order valence-electron chi connectivity index (χ1n) is 10.8. The number of quaternary nitrogens is 1. The number of piperazine rings is 1. The molecular weight excluding hydrogens is 374 g/mol. The lowest BCUT2D eigenvalue weighted by Crippen LogP contribution is -3.09. The highest BCUT2D eigenvalue weighted by Gasteiger charge is 2.23. The van der Waals surface area contributed by atoms with Crippen molar-refractivity contribution in [3.8, 4) is 5.75 Å². The van der Waals surface area contributed by atoms with E-state index in [0.717, 1.165) is 38.5 Å². The topological polar surface area (TPSA) is 37.2 Å². The number of hydrogen-bond acceptors (Lipinski definition) is 3. The van der Waals surface area contributed by atoms with Gasteiger partial charge in [0, 0.05) is 37.4 Å². The summed E-state index contributed by atoms with van der Waals surface area (Å²) in [6, 6.07) is 17.0. The van der Waals surface area contributed by atoms with E-state index in [1.165, 1.54) is 21.7 Å². The average Bonchev–Trinajstić information content (AvgIpc) is 2.73. The van der Waals surface area contributed by atoms with E-state index in [4.69, 9.17) is 4.74 Å². The van der Waals surface area contributed by atoms with Crippen LogP contribution in [0, 0.1) is 0 Å². The van der Waals surface area contributed by atoms with Gasteiger partial charge >= 0.3 is 0 Å². The fourth-order valence-corrected chi connectivity index (χ4v) is 3.91. The average molecular weight is 411 g/mol. The number of hydrogen-bond donors (Lipinski definition) is 1. The Morgan fingerprint density at radius 2 is 1.57 bits per heavy atom. The SMILES string of the molecule is COc1ccc(N2CCN(C(=O)C[NH+](C)Cc3ccc(C(C)(C)C)cc3)CC2)cc1. The largest absolute Gasteiger partial charge is 0.497 e. The van der Waals surface area contributed by atoms with Gasteiger partial charge in [-0.3, -0.25) is 4.79 Å². The number of carbonyl (C=O) groups excluding carboxylic acids is 1. The molecule has 1 saturated heterocycles. The smallest absolute Gasteiger partial charge is 0.277 e. The fraction of sp³-hybridized carbons (Fsp3) is 0.480. The number of amides is 1. The molecule has 0 spiro atoms. The van der Waals surface area contributed by atoms with Gasteiger partial charge in [0.1, 0.15) is 12.3 Å². The minimum atomic E-state index is 0.168. The Morgan fingerprint density at radius 3 is 2.10 bits per heavy atom. The molecule has 0 aromatic heterocycles. The maximum absolute atomic E-state index is 12.8. The third kappa shape index (κ3) is 5.76. The molecule has 30 heavy (non-hydrogen) atoms. The molecule has 1 heterocycles. The third-order valence-electron chi connectivity index (χ3n) is 5.85. The minimum Gasteiger partial charge on any atom is -0.497 e. The zero-order valence-electron chi connectivity index (χ0n) is 19.1. The summed E-state index contributed by atoms with van der Waals surface area (Å²) in [6.07, 6.45) is 0. The van der Waals surface area contributed by atoms with Crippen molar-refractivity contribution in [2.24, 2.45) is 0 Å². The number of ether oxygens (including phenoxy) is 1. The number of nitrogens with one attached hydrogen (secondary N) is 1. The highest BCUT2D eigenvalue weighted by molar-refractivity contribution is 5.77. The van der Waals surface area contributed by atoms with E-state index >= 15 is 0 Å². The van der Waals surface area contributed by atoms with Gasteiger partial charge in [-0.15, -0.1) is 0 Å². The Balaban J connectivity index is 1.46. The highest BCUT2D eigenvalue weighted by Crippen LogP contribution is 2.22. The maximum Gasteiger partial charge on any atom is 0.277 e. The van der Waals surface area contributed by atoms with Crippen LogP contribution < -0.4 is 14.5 Å². The van der Waals surface area contributed by atoms with Crippen LogP contribution in [0.25, 0.3) is 0 Å². The van der Waals surface area contributed by atoms with E-state index in [2.05, 4.69) is 69.1 Å². The molecule has 0 aliphatic carbocycles. The number of carbonyl (C=O) groups is 1. The number of nitrogens with zero attached hydrogens (tertiary/aromatic N) is 2. The Hall–Kier alpha value is -2.53. The molecule has 1 N–H and O–H groups in total. The lowest BCUT2D eigenvalue weighted by atomic mass is 9.87. The molecule has 1 aliphatic rings. The molecule has 2 aromatic rings. The predicted molar refractivity (Wildman–Crippen MR) is 122 cm³/mol. The van der Waals surface area contributed by atoms with E-state index in [1.807, 2.05) is 17.0 Å². The molecule has 5 heteroatoms. The summed E-state index contributed by atoms with van der Waals surface area (Å²) in [7, 11) is 3.78. The summed E-state index contributed by atoms with van der Waals surface area (Å²) in [4.78, 5) is 18.3. The Morgan fingerprint density at radius 1 is 0.967 bits per heavy atom. The first-order chi connectivity index (χ1) is 14.3. The van der Waals surface area contributed by atoms with E-state index in [0.29, 0.717) is 6.54 Å². The molecule has 0 saturated carbocycles. The van der Waals surface area contributed by atoms with E-state index < -0.39 is 0 Å². The van der Waals surface area contributed by atoms with Crippen LogP contribution in [0.15, 0.2) is 48.5 Å². The van der Waals surface area contributed by atoms with E-state index in [9.17, 15) is 4.79 Å². The highest BCUT2D eigenvalue weighted by atomic mass is 16.5. The molecule has 3 rings (SSSR count). The van der Waals surface area contributed by atoms with Gasteiger partial charge in [-0.05, 0) is 35.2 Å². The first kappa shape index (κ1) is 22.2. The molecule has 0 bridgehead atoms.